The highest BCUT2D eigenvalue weighted by Gasteiger charge is 2.23. The molecule has 1 heterocycles. The molecular weight excluding hydrogens is 154 g/mol. The number of likely N-dealkylation sites (tertiary alicyclic amines) is 1. The topological polar surface area (TPSA) is 37.4 Å². The number of hydrogen-bond donors (Lipinski definition) is 0. The normalized spacial score (nSPS) is 23.8. The van der Waals surface area contributed by atoms with E-state index in [2.05, 4.69) is 0 Å². The van der Waals surface area contributed by atoms with E-state index in [1.165, 1.54) is 0 Å². The third kappa shape index (κ3) is 2.06. The molecule has 0 saturated carbocycles. The van der Waals surface area contributed by atoms with Gasteiger partial charge in [0.1, 0.15) is 6.29 Å². The average Bonchev–Trinajstić information content (AvgIpc) is 2.05. The molecule has 0 aromatic rings. The number of rotatable bonds is 2. The van der Waals surface area contributed by atoms with Crippen LogP contribution in [0.5, 0.6) is 0 Å². The Bertz CT molecular complexity index is 179. The van der Waals surface area contributed by atoms with Gasteiger partial charge in [0.05, 0.1) is 0 Å². The molecule has 1 aliphatic rings. The molecule has 0 aromatic heterocycles. The van der Waals surface area contributed by atoms with E-state index in [9.17, 15) is 9.59 Å². The molecule has 0 spiro atoms. The van der Waals surface area contributed by atoms with Gasteiger partial charge in [-0.1, -0.05) is 0 Å². The summed E-state index contributed by atoms with van der Waals surface area (Å²) < 4.78 is 0. The van der Waals surface area contributed by atoms with Gasteiger partial charge in [0.15, 0.2) is 0 Å². The lowest BCUT2D eigenvalue weighted by Gasteiger charge is -2.33. The predicted octanol–water partition coefficient (Wildman–Crippen LogP) is 0.976. The summed E-state index contributed by atoms with van der Waals surface area (Å²) in [7, 11) is 0. The van der Waals surface area contributed by atoms with Crippen LogP contribution in [0.2, 0.25) is 0 Å². The van der Waals surface area contributed by atoms with Gasteiger partial charge in [-0.2, -0.15) is 0 Å². The maximum absolute atomic E-state index is 11.1. The lowest BCUT2D eigenvalue weighted by atomic mass is 10.00. The summed E-state index contributed by atoms with van der Waals surface area (Å²) in [5, 5.41) is 0. The first-order valence-corrected chi connectivity index (χ1v) is 4.46. The van der Waals surface area contributed by atoms with E-state index in [1.54, 1.807) is 6.92 Å². The highest BCUT2D eigenvalue weighted by atomic mass is 16.2. The number of hydrogen-bond acceptors (Lipinski definition) is 2. The van der Waals surface area contributed by atoms with Crippen molar-refractivity contribution in [2.45, 2.75) is 38.6 Å². The van der Waals surface area contributed by atoms with E-state index >= 15 is 0 Å². The van der Waals surface area contributed by atoms with Crippen LogP contribution in [0.15, 0.2) is 0 Å². The van der Waals surface area contributed by atoms with Gasteiger partial charge >= 0.3 is 0 Å². The molecule has 1 fully saturated rings. The first-order valence-electron chi connectivity index (χ1n) is 4.46. The second kappa shape index (κ2) is 4.24. The van der Waals surface area contributed by atoms with E-state index in [0.29, 0.717) is 6.42 Å². The smallest absolute Gasteiger partial charge is 0.219 e. The highest BCUT2D eigenvalue weighted by Crippen LogP contribution is 2.18. The van der Waals surface area contributed by atoms with Crippen LogP contribution in [0.3, 0.4) is 0 Å². The van der Waals surface area contributed by atoms with Gasteiger partial charge in [-0.3, -0.25) is 4.79 Å². The van der Waals surface area contributed by atoms with Crippen molar-refractivity contribution in [3.05, 3.63) is 0 Å². The van der Waals surface area contributed by atoms with Crippen molar-refractivity contribution < 1.29 is 9.59 Å². The van der Waals surface area contributed by atoms with E-state index in [-0.39, 0.29) is 11.9 Å². The van der Waals surface area contributed by atoms with Gasteiger partial charge in [0.25, 0.3) is 0 Å². The summed E-state index contributed by atoms with van der Waals surface area (Å²) in [5.74, 6) is 0.0987. The molecule has 0 radical (unpaired) electrons. The maximum atomic E-state index is 11.1. The fourth-order valence-corrected chi connectivity index (χ4v) is 1.77. The first-order chi connectivity index (χ1) is 5.75. The molecule has 68 valence electrons. The van der Waals surface area contributed by atoms with Crippen LogP contribution in [0.25, 0.3) is 0 Å². The van der Waals surface area contributed by atoms with E-state index in [4.69, 9.17) is 0 Å². The second-order valence-electron chi connectivity index (χ2n) is 3.26. The summed E-state index contributed by atoms with van der Waals surface area (Å²) in [6.07, 6.45) is 4.61. The lowest BCUT2D eigenvalue weighted by molar-refractivity contribution is -0.132. The van der Waals surface area contributed by atoms with Crippen molar-refractivity contribution in [3.8, 4) is 0 Å². The number of nitrogens with zero attached hydrogens (tertiary/aromatic N) is 1. The zero-order valence-electron chi connectivity index (χ0n) is 7.45. The van der Waals surface area contributed by atoms with Crippen LogP contribution in [-0.2, 0) is 9.59 Å². The lowest BCUT2D eigenvalue weighted by Crippen LogP contribution is -2.42. The third-order valence-corrected chi connectivity index (χ3v) is 2.40. The summed E-state index contributed by atoms with van der Waals surface area (Å²) in [6.45, 7) is 2.40. The monoisotopic (exact) mass is 169 g/mol. The molecule has 1 rings (SSSR count). The Kier molecular flexibility index (Phi) is 3.26. The molecule has 3 heteroatoms. The largest absolute Gasteiger partial charge is 0.340 e. The third-order valence-electron chi connectivity index (χ3n) is 2.40. The Labute approximate surface area is 72.7 Å². The SMILES string of the molecule is CC(=O)N1CCCCC1CC=O. The van der Waals surface area contributed by atoms with Crippen molar-refractivity contribution >= 4 is 12.2 Å². The van der Waals surface area contributed by atoms with Gasteiger partial charge in [-0.05, 0) is 19.3 Å². The minimum atomic E-state index is 0.0987. The van der Waals surface area contributed by atoms with Gasteiger partial charge in [-0.25, -0.2) is 0 Å². The molecule has 0 aliphatic carbocycles. The predicted molar refractivity (Wildman–Crippen MR) is 45.7 cm³/mol. The Hall–Kier alpha value is -0.860. The standard InChI is InChI=1S/C9H15NO2/c1-8(12)10-6-3-2-4-9(10)5-7-11/h7,9H,2-6H2,1H3. The van der Waals surface area contributed by atoms with Gasteiger partial charge in [0, 0.05) is 25.9 Å². The van der Waals surface area contributed by atoms with E-state index < -0.39 is 0 Å². The van der Waals surface area contributed by atoms with Crippen LogP contribution < -0.4 is 0 Å². The van der Waals surface area contributed by atoms with Gasteiger partial charge in [0.2, 0.25) is 5.91 Å². The first kappa shape index (κ1) is 9.23. The molecule has 1 amide bonds. The molecule has 1 aliphatic heterocycles. The Morgan fingerprint density at radius 3 is 2.92 bits per heavy atom. The highest BCUT2D eigenvalue weighted by molar-refractivity contribution is 5.74. The number of carbonyl (C=O) groups excluding carboxylic acids is 2. The molecule has 0 aromatic carbocycles. The summed E-state index contributed by atoms with van der Waals surface area (Å²) >= 11 is 0. The van der Waals surface area contributed by atoms with Gasteiger partial charge in [-0.15, -0.1) is 0 Å². The quantitative estimate of drug-likeness (QED) is 0.578. The number of piperidine rings is 1. The molecule has 0 bridgehead atoms. The van der Waals surface area contributed by atoms with Gasteiger partial charge < -0.3 is 9.69 Å². The van der Waals surface area contributed by atoms with Crippen molar-refractivity contribution in [1.82, 2.24) is 4.90 Å². The molecule has 1 atom stereocenters. The Balaban J connectivity index is 2.53. The molecule has 0 N–H and O–H groups in total. The minimum absolute atomic E-state index is 0.0987. The van der Waals surface area contributed by atoms with Crippen LogP contribution >= 0.6 is 0 Å². The number of amides is 1. The molecule has 1 unspecified atom stereocenters. The zero-order chi connectivity index (χ0) is 8.97. The number of carbonyl (C=O) groups is 2. The number of aldehydes is 1. The van der Waals surface area contributed by atoms with Crippen molar-refractivity contribution in [1.29, 1.82) is 0 Å². The van der Waals surface area contributed by atoms with Crippen LogP contribution in [-0.4, -0.2) is 29.7 Å². The van der Waals surface area contributed by atoms with Crippen LogP contribution in [0.1, 0.15) is 32.6 Å². The van der Waals surface area contributed by atoms with Crippen molar-refractivity contribution in [2.24, 2.45) is 0 Å². The Morgan fingerprint density at radius 2 is 2.33 bits per heavy atom. The summed E-state index contributed by atoms with van der Waals surface area (Å²) in [5.41, 5.74) is 0. The van der Waals surface area contributed by atoms with E-state index in [0.717, 1.165) is 32.1 Å². The minimum Gasteiger partial charge on any atom is -0.340 e. The second-order valence-corrected chi connectivity index (χ2v) is 3.26. The summed E-state index contributed by atoms with van der Waals surface area (Å²) in [4.78, 5) is 23.2. The van der Waals surface area contributed by atoms with E-state index in [1.807, 2.05) is 4.90 Å². The zero-order valence-corrected chi connectivity index (χ0v) is 7.45. The Morgan fingerprint density at radius 1 is 1.58 bits per heavy atom. The molecule has 1 saturated heterocycles. The van der Waals surface area contributed by atoms with Crippen LogP contribution in [0, 0.1) is 0 Å². The average molecular weight is 169 g/mol. The molecule has 3 nitrogen and oxygen atoms in total. The molecule has 12 heavy (non-hydrogen) atoms. The van der Waals surface area contributed by atoms with Crippen molar-refractivity contribution in [2.75, 3.05) is 6.54 Å². The molecular formula is C9H15NO2. The fourth-order valence-electron chi connectivity index (χ4n) is 1.77. The van der Waals surface area contributed by atoms with Crippen LogP contribution in [0.4, 0.5) is 0 Å². The van der Waals surface area contributed by atoms with Crippen molar-refractivity contribution in [3.63, 3.8) is 0 Å². The fraction of sp³-hybridized carbons (Fsp3) is 0.778. The maximum Gasteiger partial charge on any atom is 0.219 e. The summed E-state index contributed by atoms with van der Waals surface area (Å²) in [6, 6.07) is 0.175.